The first-order chi connectivity index (χ1) is 10.1. The number of nitrogens with one attached hydrogen (secondary N) is 3. The van der Waals surface area contributed by atoms with Crippen LogP contribution < -0.4 is 10.6 Å². The number of hydrogen-bond donors (Lipinski definition) is 4. The van der Waals surface area contributed by atoms with Crippen molar-refractivity contribution in [2.24, 2.45) is 0 Å². The molecule has 1 aliphatic carbocycles. The summed E-state index contributed by atoms with van der Waals surface area (Å²) in [5.41, 5.74) is -0.188. The Bertz CT molecular complexity index is 465. The van der Waals surface area contributed by atoms with Gasteiger partial charge in [-0.15, -0.1) is 0 Å². The fraction of sp³-hybridized carbons (Fsp3) is 0.643. The number of nitrogens with zero attached hydrogens (tertiary/aromatic N) is 1. The molecule has 7 nitrogen and oxygen atoms in total. The summed E-state index contributed by atoms with van der Waals surface area (Å²) in [6.45, 7) is 0.434. The molecule has 0 unspecified atom stereocenters. The molecule has 0 atom stereocenters. The van der Waals surface area contributed by atoms with E-state index in [9.17, 15) is 14.7 Å². The molecule has 2 rings (SSSR count). The van der Waals surface area contributed by atoms with E-state index in [1.54, 1.807) is 12.5 Å². The van der Waals surface area contributed by atoms with Gasteiger partial charge in [-0.2, -0.15) is 0 Å². The second kappa shape index (κ2) is 7.10. The quantitative estimate of drug-likeness (QED) is 0.616. The van der Waals surface area contributed by atoms with E-state index < -0.39 is 17.5 Å². The summed E-state index contributed by atoms with van der Waals surface area (Å²) in [5.74, 6) is -0.937. The summed E-state index contributed by atoms with van der Waals surface area (Å²) in [7, 11) is 0. The number of amides is 2. The van der Waals surface area contributed by atoms with Gasteiger partial charge in [0.15, 0.2) is 0 Å². The number of aromatic nitrogens is 2. The Morgan fingerprint density at radius 3 is 2.57 bits per heavy atom. The first kappa shape index (κ1) is 15.3. The molecule has 116 valence electrons. The molecule has 1 heterocycles. The van der Waals surface area contributed by atoms with Gasteiger partial charge in [-0.3, -0.25) is 0 Å². The molecule has 1 saturated carbocycles. The molecule has 21 heavy (non-hydrogen) atoms. The standard InChI is InChI=1S/C14H22N4O3/c19-12(20)14(6-3-1-2-4-7-14)18-13(21)16-8-5-11-9-15-10-17-11/h9-10H,1-8H2,(H,15,17)(H,19,20)(H2,16,18,21). The first-order valence-electron chi connectivity index (χ1n) is 7.39. The molecular weight excluding hydrogens is 272 g/mol. The van der Waals surface area contributed by atoms with Crippen LogP contribution in [0.1, 0.15) is 44.2 Å². The number of aliphatic carboxylic acids is 1. The minimum Gasteiger partial charge on any atom is -0.480 e. The summed E-state index contributed by atoms with van der Waals surface area (Å²) in [6.07, 6.45) is 8.63. The van der Waals surface area contributed by atoms with Crippen molar-refractivity contribution in [1.82, 2.24) is 20.6 Å². The summed E-state index contributed by atoms with van der Waals surface area (Å²) >= 11 is 0. The van der Waals surface area contributed by atoms with Gasteiger partial charge in [-0.1, -0.05) is 25.7 Å². The number of rotatable bonds is 5. The summed E-state index contributed by atoms with van der Waals surface area (Å²) in [6, 6.07) is -0.418. The predicted octanol–water partition coefficient (Wildman–Crippen LogP) is 1.43. The lowest BCUT2D eigenvalue weighted by Crippen LogP contribution is -2.57. The minimum absolute atomic E-state index is 0.418. The molecule has 0 bridgehead atoms. The van der Waals surface area contributed by atoms with E-state index in [0.29, 0.717) is 25.8 Å². The normalized spacial score (nSPS) is 17.7. The van der Waals surface area contributed by atoms with Crippen LogP contribution in [-0.2, 0) is 11.2 Å². The van der Waals surface area contributed by atoms with Crippen LogP contribution in [0.4, 0.5) is 4.79 Å². The third-order valence-corrected chi connectivity index (χ3v) is 3.95. The molecule has 1 fully saturated rings. The average Bonchev–Trinajstić information content (AvgIpc) is 2.84. The highest BCUT2D eigenvalue weighted by atomic mass is 16.4. The number of hydrogen-bond acceptors (Lipinski definition) is 3. The van der Waals surface area contributed by atoms with Gasteiger partial charge >= 0.3 is 12.0 Å². The van der Waals surface area contributed by atoms with Gasteiger partial charge < -0.3 is 20.7 Å². The molecule has 0 aliphatic heterocycles. The van der Waals surface area contributed by atoms with E-state index in [2.05, 4.69) is 20.6 Å². The van der Waals surface area contributed by atoms with Crippen LogP contribution in [0.5, 0.6) is 0 Å². The Morgan fingerprint density at radius 1 is 1.29 bits per heavy atom. The number of aromatic amines is 1. The molecule has 0 radical (unpaired) electrons. The highest BCUT2D eigenvalue weighted by Gasteiger charge is 2.39. The van der Waals surface area contributed by atoms with Crippen LogP contribution in [-0.4, -0.2) is 39.2 Å². The molecule has 2 amide bonds. The Kier molecular flexibility index (Phi) is 5.19. The third kappa shape index (κ3) is 4.21. The zero-order valence-corrected chi connectivity index (χ0v) is 12.0. The monoisotopic (exact) mass is 294 g/mol. The number of carbonyl (C=O) groups excluding carboxylic acids is 1. The number of carboxylic acids is 1. The van der Waals surface area contributed by atoms with Crippen molar-refractivity contribution in [3.63, 3.8) is 0 Å². The molecule has 1 aromatic heterocycles. The van der Waals surface area contributed by atoms with E-state index >= 15 is 0 Å². The summed E-state index contributed by atoms with van der Waals surface area (Å²) in [5, 5.41) is 14.9. The Hall–Kier alpha value is -2.05. The second-order valence-corrected chi connectivity index (χ2v) is 5.51. The van der Waals surface area contributed by atoms with Crippen molar-refractivity contribution in [2.45, 2.75) is 50.5 Å². The van der Waals surface area contributed by atoms with Gasteiger partial charge in [0, 0.05) is 24.9 Å². The average molecular weight is 294 g/mol. The van der Waals surface area contributed by atoms with Crippen LogP contribution >= 0.6 is 0 Å². The molecule has 4 N–H and O–H groups in total. The maximum absolute atomic E-state index is 12.0. The van der Waals surface area contributed by atoms with Gasteiger partial charge in [-0.05, 0) is 12.8 Å². The highest BCUT2D eigenvalue weighted by molar-refractivity contribution is 5.86. The maximum atomic E-state index is 12.0. The topological polar surface area (TPSA) is 107 Å². The smallest absolute Gasteiger partial charge is 0.329 e. The van der Waals surface area contributed by atoms with Crippen molar-refractivity contribution >= 4 is 12.0 Å². The molecule has 0 aromatic carbocycles. The van der Waals surface area contributed by atoms with Crippen LogP contribution in [0.15, 0.2) is 12.5 Å². The van der Waals surface area contributed by atoms with Gasteiger partial charge in [0.05, 0.1) is 6.33 Å². The zero-order valence-electron chi connectivity index (χ0n) is 12.0. The molecule has 0 saturated heterocycles. The molecule has 1 aromatic rings. The number of carbonyl (C=O) groups is 2. The van der Waals surface area contributed by atoms with Gasteiger partial charge in [0.25, 0.3) is 0 Å². The Balaban J connectivity index is 1.84. The van der Waals surface area contributed by atoms with E-state index in [1.165, 1.54) is 0 Å². The number of urea groups is 1. The van der Waals surface area contributed by atoms with Gasteiger partial charge in [-0.25, -0.2) is 14.6 Å². The van der Waals surface area contributed by atoms with E-state index in [1.807, 2.05) is 0 Å². The third-order valence-electron chi connectivity index (χ3n) is 3.95. The minimum atomic E-state index is -1.12. The SMILES string of the molecule is O=C(NCCc1cnc[nH]1)NC1(C(=O)O)CCCCCC1. The number of imidazole rings is 1. The first-order valence-corrected chi connectivity index (χ1v) is 7.39. The lowest BCUT2D eigenvalue weighted by atomic mass is 9.90. The Labute approximate surface area is 123 Å². The van der Waals surface area contributed by atoms with Crippen LogP contribution in [0.25, 0.3) is 0 Å². The predicted molar refractivity (Wildman–Crippen MR) is 76.9 cm³/mol. The van der Waals surface area contributed by atoms with Crippen LogP contribution in [0.3, 0.4) is 0 Å². The summed E-state index contributed by atoms with van der Waals surface area (Å²) in [4.78, 5) is 30.4. The molecule has 0 spiro atoms. The molecule has 7 heteroatoms. The molecule has 1 aliphatic rings. The molecular formula is C14H22N4O3. The van der Waals surface area contributed by atoms with E-state index in [-0.39, 0.29) is 0 Å². The number of H-pyrrole nitrogens is 1. The van der Waals surface area contributed by atoms with Gasteiger partial charge in [0.2, 0.25) is 0 Å². The largest absolute Gasteiger partial charge is 0.480 e. The van der Waals surface area contributed by atoms with Crippen molar-refractivity contribution in [1.29, 1.82) is 0 Å². The van der Waals surface area contributed by atoms with Crippen molar-refractivity contribution < 1.29 is 14.7 Å². The highest BCUT2D eigenvalue weighted by Crippen LogP contribution is 2.27. The second-order valence-electron chi connectivity index (χ2n) is 5.51. The maximum Gasteiger partial charge on any atom is 0.329 e. The van der Waals surface area contributed by atoms with Gasteiger partial charge in [0.1, 0.15) is 5.54 Å². The lowest BCUT2D eigenvalue weighted by Gasteiger charge is -2.29. The van der Waals surface area contributed by atoms with Crippen molar-refractivity contribution in [2.75, 3.05) is 6.54 Å². The zero-order chi connectivity index (χ0) is 15.1. The fourth-order valence-electron chi connectivity index (χ4n) is 2.72. The van der Waals surface area contributed by atoms with Crippen LogP contribution in [0, 0.1) is 0 Å². The summed E-state index contributed by atoms with van der Waals surface area (Å²) < 4.78 is 0. The number of carboxylic acid groups (broad SMARTS) is 1. The van der Waals surface area contributed by atoms with E-state index in [0.717, 1.165) is 31.4 Å². The van der Waals surface area contributed by atoms with Crippen LogP contribution in [0.2, 0.25) is 0 Å². The van der Waals surface area contributed by atoms with Crippen molar-refractivity contribution in [3.8, 4) is 0 Å². The lowest BCUT2D eigenvalue weighted by molar-refractivity contribution is -0.145. The Morgan fingerprint density at radius 2 is 2.00 bits per heavy atom. The fourth-order valence-corrected chi connectivity index (χ4v) is 2.72. The van der Waals surface area contributed by atoms with Crippen molar-refractivity contribution in [3.05, 3.63) is 18.2 Å². The van der Waals surface area contributed by atoms with E-state index in [4.69, 9.17) is 0 Å².